The van der Waals surface area contributed by atoms with Crippen LogP contribution in [-0.2, 0) is 6.54 Å². The van der Waals surface area contributed by atoms with E-state index in [1.165, 1.54) is 5.56 Å². The Morgan fingerprint density at radius 3 is 2.39 bits per heavy atom. The van der Waals surface area contributed by atoms with Crippen LogP contribution in [-0.4, -0.2) is 9.78 Å². The second-order valence-electron chi connectivity index (χ2n) is 4.57. The minimum absolute atomic E-state index is 0.149. The normalized spacial score (nSPS) is 12.1. The van der Waals surface area contributed by atoms with Crippen molar-refractivity contribution in [3.8, 4) is 6.07 Å². The van der Waals surface area contributed by atoms with Crippen LogP contribution in [0.5, 0.6) is 0 Å². The number of aryl methyl sites for hydroxylation is 1. The average molecular weight is 239 g/mol. The summed E-state index contributed by atoms with van der Waals surface area (Å²) in [4.78, 5) is 0. The van der Waals surface area contributed by atoms with Gasteiger partial charge in [-0.3, -0.25) is 4.68 Å². The topological polar surface area (TPSA) is 41.6 Å². The van der Waals surface area contributed by atoms with Crippen molar-refractivity contribution in [3.05, 3.63) is 52.8 Å². The molecule has 92 valence electrons. The first-order chi connectivity index (χ1) is 8.63. The highest BCUT2D eigenvalue weighted by atomic mass is 15.3. The zero-order valence-electron chi connectivity index (χ0n) is 11.0. The molecule has 0 N–H and O–H groups in total. The summed E-state index contributed by atoms with van der Waals surface area (Å²) in [6, 6.07) is 12.2. The van der Waals surface area contributed by atoms with Gasteiger partial charge in [-0.25, -0.2) is 0 Å². The van der Waals surface area contributed by atoms with Crippen LogP contribution in [0.1, 0.15) is 28.4 Å². The maximum Gasteiger partial charge on any atom is 0.0908 e. The molecular weight excluding hydrogens is 222 g/mol. The van der Waals surface area contributed by atoms with Gasteiger partial charge in [0.2, 0.25) is 0 Å². The molecule has 3 nitrogen and oxygen atoms in total. The van der Waals surface area contributed by atoms with E-state index in [-0.39, 0.29) is 5.92 Å². The summed E-state index contributed by atoms with van der Waals surface area (Å²) in [5.74, 6) is -0.149. The predicted molar refractivity (Wildman–Crippen MR) is 71.2 cm³/mol. The molecule has 2 rings (SSSR count). The summed E-state index contributed by atoms with van der Waals surface area (Å²) in [5.41, 5.74) is 4.44. The molecule has 0 spiro atoms. The van der Waals surface area contributed by atoms with Crippen molar-refractivity contribution in [3.63, 3.8) is 0 Å². The van der Waals surface area contributed by atoms with E-state index in [4.69, 9.17) is 0 Å². The minimum Gasteiger partial charge on any atom is -0.268 e. The average Bonchev–Trinajstić information content (AvgIpc) is 2.64. The summed E-state index contributed by atoms with van der Waals surface area (Å²) >= 11 is 0. The Hall–Kier alpha value is -2.08. The number of aromatic nitrogens is 2. The molecule has 18 heavy (non-hydrogen) atoms. The molecule has 0 fully saturated rings. The molecule has 1 heterocycles. The van der Waals surface area contributed by atoms with Gasteiger partial charge in [-0.1, -0.05) is 30.3 Å². The lowest BCUT2D eigenvalue weighted by Crippen LogP contribution is -2.10. The fraction of sp³-hybridized carbons (Fsp3) is 0.333. The molecule has 1 unspecified atom stereocenters. The van der Waals surface area contributed by atoms with E-state index in [0.717, 1.165) is 17.0 Å². The number of rotatable bonds is 3. The molecule has 0 saturated carbocycles. The van der Waals surface area contributed by atoms with E-state index in [2.05, 4.69) is 25.0 Å². The third-order valence-electron chi connectivity index (χ3n) is 3.46. The fourth-order valence-corrected chi connectivity index (χ4v) is 2.04. The van der Waals surface area contributed by atoms with E-state index < -0.39 is 0 Å². The van der Waals surface area contributed by atoms with Gasteiger partial charge in [0.1, 0.15) is 0 Å². The van der Waals surface area contributed by atoms with Crippen LogP contribution >= 0.6 is 0 Å². The Morgan fingerprint density at radius 1 is 1.22 bits per heavy atom. The molecule has 0 bridgehead atoms. The lowest BCUT2D eigenvalue weighted by Gasteiger charge is -2.11. The molecule has 1 atom stereocenters. The molecule has 0 amide bonds. The van der Waals surface area contributed by atoms with Gasteiger partial charge in [0.05, 0.1) is 24.2 Å². The van der Waals surface area contributed by atoms with Crippen molar-refractivity contribution in [2.24, 2.45) is 0 Å². The van der Waals surface area contributed by atoms with Gasteiger partial charge in [-0.05, 0) is 31.9 Å². The van der Waals surface area contributed by atoms with Gasteiger partial charge in [-0.2, -0.15) is 10.4 Å². The van der Waals surface area contributed by atoms with Crippen molar-refractivity contribution in [1.29, 1.82) is 5.26 Å². The van der Waals surface area contributed by atoms with Crippen LogP contribution in [0.15, 0.2) is 30.3 Å². The van der Waals surface area contributed by atoms with Gasteiger partial charge in [-0.15, -0.1) is 0 Å². The highest BCUT2D eigenvalue weighted by molar-refractivity contribution is 5.26. The van der Waals surface area contributed by atoms with E-state index in [0.29, 0.717) is 6.54 Å². The summed E-state index contributed by atoms with van der Waals surface area (Å²) in [5, 5.41) is 13.8. The van der Waals surface area contributed by atoms with Crippen LogP contribution in [0.4, 0.5) is 0 Å². The lowest BCUT2D eigenvalue weighted by atomic mass is 10.0. The predicted octanol–water partition coefficient (Wildman–Crippen LogP) is 3.12. The largest absolute Gasteiger partial charge is 0.268 e. The smallest absolute Gasteiger partial charge is 0.0908 e. The molecule has 1 aromatic carbocycles. The van der Waals surface area contributed by atoms with Gasteiger partial charge < -0.3 is 0 Å². The molecular formula is C15H17N3. The van der Waals surface area contributed by atoms with Crippen molar-refractivity contribution in [2.75, 3.05) is 0 Å². The van der Waals surface area contributed by atoms with Crippen LogP contribution < -0.4 is 0 Å². The number of nitriles is 1. The van der Waals surface area contributed by atoms with Gasteiger partial charge >= 0.3 is 0 Å². The second-order valence-corrected chi connectivity index (χ2v) is 4.57. The first-order valence-corrected chi connectivity index (χ1v) is 6.08. The maximum atomic E-state index is 9.32. The molecule has 0 aliphatic rings. The van der Waals surface area contributed by atoms with Gasteiger partial charge in [0.25, 0.3) is 0 Å². The summed E-state index contributed by atoms with van der Waals surface area (Å²) in [6.45, 7) is 6.73. The zero-order valence-corrected chi connectivity index (χ0v) is 11.0. The lowest BCUT2D eigenvalue weighted by molar-refractivity contribution is 0.561. The second kappa shape index (κ2) is 5.05. The molecule has 0 aliphatic carbocycles. The molecule has 0 radical (unpaired) electrons. The Kier molecular flexibility index (Phi) is 3.47. The van der Waals surface area contributed by atoms with Crippen molar-refractivity contribution in [1.82, 2.24) is 9.78 Å². The first kappa shape index (κ1) is 12.4. The zero-order chi connectivity index (χ0) is 13.1. The SMILES string of the molecule is Cc1nn(CC(C#N)c2ccccc2)c(C)c1C. The fourth-order valence-electron chi connectivity index (χ4n) is 2.04. The third kappa shape index (κ3) is 2.28. The number of hydrogen-bond donors (Lipinski definition) is 0. The van der Waals surface area contributed by atoms with Crippen molar-refractivity contribution in [2.45, 2.75) is 33.2 Å². The van der Waals surface area contributed by atoms with Crippen LogP contribution in [0, 0.1) is 32.1 Å². The van der Waals surface area contributed by atoms with E-state index >= 15 is 0 Å². The standard InChI is InChI=1S/C15H17N3/c1-11-12(2)17-18(13(11)3)10-15(9-16)14-7-5-4-6-8-14/h4-8,15H,10H2,1-3H3. The Bertz CT molecular complexity index is 576. The quantitative estimate of drug-likeness (QED) is 0.825. The molecule has 1 aromatic heterocycles. The molecule has 0 saturated heterocycles. The maximum absolute atomic E-state index is 9.32. The van der Waals surface area contributed by atoms with Crippen molar-refractivity contribution < 1.29 is 0 Å². The monoisotopic (exact) mass is 239 g/mol. The molecule has 2 aromatic rings. The van der Waals surface area contributed by atoms with Crippen LogP contribution in [0.2, 0.25) is 0 Å². The van der Waals surface area contributed by atoms with E-state index in [9.17, 15) is 5.26 Å². The summed E-state index contributed by atoms with van der Waals surface area (Å²) < 4.78 is 1.94. The van der Waals surface area contributed by atoms with Crippen molar-refractivity contribution >= 4 is 0 Å². The number of benzene rings is 1. The molecule has 0 aliphatic heterocycles. The third-order valence-corrected chi connectivity index (χ3v) is 3.46. The van der Waals surface area contributed by atoms with E-state index in [1.54, 1.807) is 0 Å². The van der Waals surface area contributed by atoms with Gasteiger partial charge in [0.15, 0.2) is 0 Å². The number of nitrogens with zero attached hydrogens (tertiary/aromatic N) is 3. The number of hydrogen-bond acceptors (Lipinski definition) is 2. The highest BCUT2D eigenvalue weighted by Crippen LogP contribution is 2.19. The van der Waals surface area contributed by atoms with Gasteiger partial charge in [0, 0.05) is 5.69 Å². The minimum atomic E-state index is -0.149. The Labute approximate surface area is 108 Å². The summed E-state index contributed by atoms with van der Waals surface area (Å²) in [7, 11) is 0. The molecule has 3 heteroatoms. The van der Waals surface area contributed by atoms with Crippen LogP contribution in [0.3, 0.4) is 0 Å². The summed E-state index contributed by atoms with van der Waals surface area (Å²) in [6.07, 6.45) is 0. The van der Waals surface area contributed by atoms with E-state index in [1.807, 2.05) is 41.9 Å². The Balaban J connectivity index is 2.27. The highest BCUT2D eigenvalue weighted by Gasteiger charge is 2.14. The van der Waals surface area contributed by atoms with Crippen LogP contribution in [0.25, 0.3) is 0 Å². The Morgan fingerprint density at radius 2 is 1.89 bits per heavy atom. The first-order valence-electron chi connectivity index (χ1n) is 6.08.